The van der Waals surface area contributed by atoms with Crippen LogP contribution in [0.3, 0.4) is 0 Å². The van der Waals surface area contributed by atoms with E-state index in [4.69, 9.17) is 14.2 Å². The Hall–Kier alpha value is -3.95. The van der Waals surface area contributed by atoms with Gasteiger partial charge in [0.2, 0.25) is 0 Å². The van der Waals surface area contributed by atoms with Gasteiger partial charge in [-0.25, -0.2) is 0 Å². The molecule has 4 aromatic rings. The van der Waals surface area contributed by atoms with Gasteiger partial charge in [0.15, 0.2) is 0 Å². The molecule has 0 radical (unpaired) electrons. The average Bonchev–Trinajstić information content (AvgIpc) is 3.06. The van der Waals surface area contributed by atoms with E-state index in [2.05, 4.69) is 84.9 Å². The number of carbonyl (C=O) groups excluding carboxylic acids is 2. The van der Waals surface area contributed by atoms with Crippen LogP contribution in [0.4, 0.5) is 0 Å². The predicted octanol–water partition coefficient (Wildman–Crippen LogP) is 7.45. The lowest BCUT2D eigenvalue weighted by atomic mass is 9.91. The minimum absolute atomic E-state index is 0.0246. The normalized spacial score (nSPS) is 13.0. The Kier molecular flexibility index (Phi) is 11.1. The van der Waals surface area contributed by atoms with Crippen molar-refractivity contribution in [2.24, 2.45) is 16.1 Å². The maximum Gasteiger partial charge on any atom is 0.311 e. The summed E-state index contributed by atoms with van der Waals surface area (Å²) in [6, 6.07) is 41.4. The van der Waals surface area contributed by atoms with Gasteiger partial charge >= 0.3 is 11.9 Å². The zero-order valence-corrected chi connectivity index (χ0v) is 26.5. The molecule has 0 saturated heterocycles. The molecule has 0 saturated carbocycles. The van der Waals surface area contributed by atoms with Gasteiger partial charge in [-0.15, -0.1) is 0 Å². The highest BCUT2D eigenvalue weighted by Gasteiger charge is 2.31. The van der Waals surface area contributed by atoms with Crippen LogP contribution in [0.2, 0.25) is 0 Å². The molecule has 0 bridgehead atoms. The van der Waals surface area contributed by atoms with E-state index >= 15 is 0 Å². The molecular formula is C37H42NO4P. The minimum atomic E-state index is -2.50. The summed E-state index contributed by atoms with van der Waals surface area (Å²) in [4.78, 5) is 25.5. The molecule has 2 unspecified atom stereocenters. The van der Waals surface area contributed by atoms with Gasteiger partial charge in [0.1, 0.15) is 13.2 Å². The second-order valence-corrected chi connectivity index (χ2v) is 14.4. The zero-order valence-electron chi connectivity index (χ0n) is 25.6. The van der Waals surface area contributed by atoms with E-state index in [1.807, 2.05) is 64.1 Å². The maximum atomic E-state index is 13.2. The summed E-state index contributed by atoms with van der Waals surface area (Å²) in [5, 5.41) is 3.46. The highest BCUT2D eigenvalue weighted by molar-refractivity contribution is 7.87. The van der Waals surface area contributed by atoms with Crippen LogP contribution in [0.15, 0.2) is 126 Å². The van der Waals surface area contributed by atoms with E-state index in [9.17, 15) is 9.59 Å². The van der Waals surface area contributed by atoms with Crippen molar-refractivity contribution in [1.29, 1.82) is 0 Å². The Balaban J connectivity index is 1.71. The van der Waals surface area contributed by atoms with E-state index < -0.39 is 18.4 Å². The third kappa shape index (κ3) is 7.91. The van der Waals surface area contributed by atoms with E-state index in [0.717, 1.165) is 21.5 Å². The number of benzene rings is 4. The molecule has 4 aromatic carbocycles. The average molecular weight is 596 g/mol. The summed E-state index contributed by atoms with van der Waals surface area (Å²) in [6.45, 7) is 7.59. The zero-order chi connectivity index (χ0) is 30.7. The molecular weight excluding hydrogens is 553 g/mol. The first-order valence-corrected chi connectivity index (χ1v) is 16.7. The first kappa shape index (κ1) is 32.0. The van der Waals surface area contributed by atoms with Crippen molar-refractivity contribution in [3.63, 3.8) is 0 Å². The molecule has 4 rings (SSSR count). The number of nitrogens with zero attached hydrogens (tertiary/aromatic N) is 1. The number of hydrogen-bond donors (Lipinski definition) is 0. The smallest absolute Gasteiger partial charge is 0.311 e. The lowest BCUT2D eigenvalue weighted by Gasteiger charge is -2.30. The molecule has 5 nitrogen and oxygen atoms in total. The van der Waals surface area contributed by atoms with Gasteiger partial charge in [0.25, 0.3) is 0 Å². The quantitative estimate of drug-likeness (QED) is 0.0915. The molecule has 43 heavy (non-hydrogen) atoms. The lowest BCUT2D eigenvalue weighted by Crippen LogP contribution is -2.28. The van der Waals surface area contributed by atoms with Crippen molar-refractivity contribution in [3.8, 4) is 0 Å². The Morgan fingerprint density at radius 3 is 1.56 bits per heavy atom. The summed E-state index contributed by atoms with van der Waals surface area (Å²) >= 11 is 0. The largest absolute Gasteiger partial charge is 0.462 e. The lowest BCUT2D eigenvalue weighted by molar-refractivity contribution is -0.160. The van der Waals surface area contributed by atoms with Crippen LogP contribution < -0.4 is 15.9 Å². The first-order chi connectivity index (χ1) is 20.8. The van der Waals surface area contributed by atoms with Crippen molar-refractivity contribution in [3.05, 3.63) is 127 Å². The van der Waals surface area contributed by atoms with Crippen LogP contribution in [0, 0.1) is 11.3 Å². The number of hydrogen-bond acceptors (Lipinski definition) is 5. The molecule has 0 fully saturated rings. The molecule has 0 heterocycles. The highest BCUT2D eigenvalue weighted by atomic mass is 31.2. The molecule has 6 heteroatoms. The second kappa shape index (κ2) is 15.0. The summed E-state index contributed by atoms with van der Waals surface area (Å²) in [7, 11) is -2.50. The Morgan fingerprint density at radius 1 is 0.698 bits per heavy atom. The van der Waals surface area contributed by atoms with Gasteiger partial charge in [0.05, 0.1) is 24.4 Å². The molecule has 0 aromatic heterocycles. The third-order valence-electron chi connectivity index (χ3n) is 7.86. The predicted molar refractivity (Wildman–Crippen MR) is 177 cm³/mol. The van der Waals surface area contributed by atoms with E-state index in [-0.39, 0.29) is 31.2 Å². The van der Waals surface area contributed by atoms with Crippen LogP contribution in [0.5, 0.6) is 0 Å². The molecule has 0 amide bonds. The van der Waals surface area contributed by atoms with E-state index in [0.29, 0.717) is 12.8 Å². The molecule has 0 aliphatic carbocycles. The molecule has 0 spiro atoms. The molecule has 0 aliphatic heterocycles. The van der Waals surface area contributed by atoms with Gasteiger partial charge in [0, 0.05) is 15.9 Å². The summed E-state index contributed by atoms with van der Waals surface area (Å²) < 4.78 is 16.7. The Bertz CT molecular complexity index is 1400. The monoisotopic (exact) mass is 595 g/mol. The fourth-order valence-electron chi connectivity index (χ4n) is 4.90. The maximum absolute atomic E-state index is 13.2. The van der Waals surface area contributed by atoms with Gasteiger partial charge < -0.3 is 9.47 Å². The molecule has 0 aliphatic rings. The third-order valence-corrected chi connectivity index (χ3v) is 11.6. The number of rotatable bonds is 13. The number of esters is 2. The van der Waals surface area contributed by atoms with Gasteiger partial charge in [-0.05, 0) is 32.3 Å². The van der Waals surface area contributed by atoms with Crippen LogP contribution in [-0.2, 0) is 19.1 Å². The Labute approximate surface area is 256 Å². The first-order valence-electron chi connectivity index (χ1n) is 14.9. The standard InChI is InChI=1S/C37H42NO4P/c1-5-37(3,4)36(40)42-27-26-41-35(39)29(2)28-34(30-18-10-6-11-19-30)38-43(31-20-12-7-13-21-31,32-22-14-8-15-23-32)33-24-16-9-17-25-33/h6-25,29,34H,5,26-28H2,1-4H3. The van der Waals surface area contributed by atoms with Crippen LogP contribution >= 0.6 is 7.05 Å². The van der Waals surface area contributed by atoms with Crippen LogP contribution in [0.25, 0.3) is 0 Å². The SMILES string of the molecule is CCC(C)(C)C(=O)OCCOC(=O)C(C)CC(N=P(c1ccccc1)(c1ccccc1)c1ccccc1)c1ccccc1. The van der Waals surface area contributed by atoms with Gasteiger partial charge in [-0.3, -0.25) is 14.3 Å². The van der Waals surface area contributed by atoms with Crippen molar-refractivity contribution in [2.45, 2.75) is 46.6 Å². The second-order valence-electron chi connectivity index (χ2n) is 11.4. The fourth-order valence-corrected chi connectivity index (χ4v) is 8.65. The highest BCUT2D eigenvalue weighted by Crippen LogP contribution is 2.50. The van der Waals surface area contributed by atoms with Crippen molar-refractivity contribution < 1.29 is 19.1 Å². The minimum Gasteiger partial charge on any atom is -0.462 e. The van der Waals surface area contributed by atoms with Gasteiger partial charge in [-0.1, -0.05) is 135 Å². The van der Waals surface area contributed by atoms with Crippen molar-refractivity contribution in [1.82, 2.24) is 0 Å². The number of ether oxygens (including phenoxy) is 2. The summed E-state index contributed by atoms with van der Waals surface area (Å²) in [6.07, 6.45) is 1.14. The topological polar surface area (TPSA) is 65.0 Å². The van der Waals surface area contributed by atoms with Gasteiger partial charge in [-0.2, -0.15) is 0 Å². The fraction of sp³-hybridized carbons (Fsp3) is 0.297. The molecule has 224 valence electrons. The molecule has 2 atom stereocenters. The van der Waals surface area contributed by atoms with Crippen LogP contribution in [0.1, 0.15) is 52.1 Å². The summed E-state index contributed by atoms with van der Waals surface area (Å²) in [5.41, 5.74) is 0.484. The Morgan fingerprint density at radius 2 is 1.12 bits per heavy atom. The van der Waals surface area contributed by atoms with E-state index in [1.54, 1.807) is 0 Å². The van der Waals surface area contributed by atoms with Crippen molar-refractivity contribution in [2.75, 3.05) is 13.2 Å². The number of carbonyl (C=O) groups is 2. The summed E-state index contributed by atoms with van der Waals surface area (Å²) in [5.74, 6) is -1.05. The van der Waals surface area contributed by atoms with Crippen molar-refractivity contribution >= 4 is 34.9 Å². The van der Waals surface area contributed by atoms with E-state index in [1.165, 1.54) is 0 Å². The molecule has 0 N–H and O–H groups in total. The van der Waals surface area contributed by atoms with Crippen LogP contribution in [-0.4, -0.2) is 25.2 Å².